The summed E-state index contributed by atoms with van der Waals surface area (Å²) in [6.07, 6.45) is -2.29. The third kappa shape index (κ3) is 3.10. The van der Waals surface area contributed by atoms with E-state index < -0.39 is 18.1 Å². The summed E-state index contributed by atoms with van der Waals surface area (Å²) in [6.45, 7) is 0. The van der Waals surface area contributed by atoms with Gasteiger partial charge in [-0.2, -0.15) is 13.2 Å². The Morgan fingerprint density at radius 2 is 1.53 bits per heavy atom. The van der Waals surface area contributed by atoms with Crippen molar-refractivity contribution in [2.24, 2.45) is 5.92 Å². The first-order valence-electron chi connectivity index (χ1n) is 5.54. The van der Waals surface area contributed by atoms with Crippen molar-refractivity contribution in [3.63, 3.8) is 0 Å². The lowest BCUT2D eigenvalue weighted by molar-refractivity contribution is -0.175. The summed E-state index contributed by atoms with van der Waals surface area (Å²) in [5.41, 5.74) is 0. The molecule has 2 amide bonds. The minimum Gasteiger partial charge on any atom is -0.353 e. The van der Waals surface area contributed by atoms with Crippen LogP contribution >= 0.6 is 0 Å². The summed E-state index contributed by atoms with van der Waals surface area (Å²) < 4.78 is 35.7. The van der Waals surface area contributed by atoms with Crippen molar-refractivity contribution in [1.29, 1.82) is 0 Å². The normalized spacial score (nSPS) is 28.2. The standard InChI is InChI=1S/C10H13F3N2O2/c11-10(12,13)9(17)15-7-3-6(4-7)14-8(16)5-1-2-5/h5-7H,1-4H2,(H,14,16)(H,15,17). The highest BCUT2D eigenvalue weighted by Crippen LogP contribution is 2.30. The number of nitrogens with one attached hydrogen (secondary N) is 2. The molecule has 0 aliphatic heterocycles. The fourth-order valence-corrected chi connectivity index (χ4v) is 1.79. The molecule has 4 nitrogen and oxygen atoms in total. The van der Waals surface area contributed by atoms with Crippen molar-refractivity contribution in [2.45, 2.75) is 43.9 Å². The molecule has 0 radical (unpaired) electrons. The molecule has 2 fully saturated rings. The average Bonchev–Trinajstić information content (AvgIpc) is 2.94. The predicted octanol–water partition coefficient (Wildman–Crippen LogP) is 0.722. The first kappa shape index (κ1) is 12.2. The molecule has 0 aromatic heterocycles. The molecule has 0 unspecified atom stereocenters. The zero-order valence-corrected chi connectivity index (χ0v) is 9.01. The third-order valence-corrected chi connectivity index (χ3v) is 3.03. The van der Waals surface area contributed by atoms with Crippen LogP contribution in [0.15, 0.2) is 0 Å². The highest BCUT2D eigenvalue weighted by Gasteiger charge is 2.42. The van der Waals surface area contributed by atoms with Crippen LogP contribution < -0.4 is 10.6 Å². The first-order chi connectivity index (χ1) is 7.86. The van der Waals surface area contributed by atoms with E-state index in [0.29, 0.717) is 12.8 Å². The minimum absolute atomic E-state index is 0.0180. The Kier molecular flexibility index (Phi) is 3.01. The molecule has 2 rings (SSSR count). The van der Waals surface area contributed by atoms with Gasteiger partial charge in [-0.3, -0.25) is 9.59 Å². The third-order valence-electron chi connectivity index (χ3n) is 3.03. The second kappa shape index (κ2) is 4.19. The maximum absolute atomic E-state index is 11.9. The molecule has 2 aliphatic carbocycles. The zero-order valence-electron chi connectivity index (χ0n) is 9.01. The maximum atomic E-state index is 11.9. The Labute approximate surface area is 95.9 Å². The topological polar surface area (TPSA) is 58.2 Å². The van der Waals surface area contributed by atoms with Crippen molar-refractivity contribution in [3.05, 3.63) is 0 Å². The molecule has 0 saturated heterocycles. The number of hydrogen-bond donors (Lipinski definition) is 2. The molecule has 2 N–H and O–H groups in total. The molecule has 2 aliphatic rings. The summed E-state index contributed by atoms with van der Waals surface area (Å²) in [4.78, 5) is 21.9. The number of alkyl halides is 3. The summed E-state index contributed by atoms with van der Waals surface area (Å²) in [5.74, 6) is -1.83. The van der Waals surface area contributed by atoms with Crippen LogP contribution in [-0.2, 0) is 9.59 Å². The summed E-state index contributed by atoms with van der Waals surface area (Å²) in [7, 11) is 0. The van der Waals surface area contributed by atoms with E-state index in [1.54, 1.807) is 0 Å². The van der Waals surface area contributed by atoms with Gasteiger partial charge in [0, 0.05) is 18.0 Å². The molecule has 0 heterocycles. The van der Waals surface area contributed by atoms with Crippen molar-refractivity contribution in [1.82, 2.24) is 10.6 Å². The quantitative estimate of drug-likeness (QED) is 0.775. The molecular weight excluding hydrogens is 237 g/mol. The van der Waals surface area contributed by atoms with Gasteiger partial charge in [-0.15, -0.1) is 0 Å². The molecule has 0 aromatic carbocycles. The van der Waals surface area contributed by atoms with Crippen molar-refractivity contribution >= 4 is 11.8 Å². The van der Waals surface area contributed by atoms with Gasteiger partial charge in [-0.1, -0.05) is 0 Å². The van der Waals surface area contributed by atoms with Crippen LogP contribution in [0.1, 0.15) is 25.7 Å². The Hall–Kier alpha value is -1.27. The minimum atomic E-state index is -4.83. The predicted molar refractivity (Wildman–Crippen MR) is 51.9 cm³/mol. The molecule has 0 spiro atoms. The summed E-state index contributed by atoms with van der Waals surface area (Å²) in [6, 6.07) is -0.574. The molecule has 0 atom stereocenters. The molecule has 0 aromatic rings. The van der Waals surface area contributed by atoms with Crippen LogP contribution in [0.2, 0.25) is 0 Å². The second-order valence-electron chi connectivity index (χ2n) is 4.62. The monoisotopic (exact) mass is 250 g/mol. The van der Waals surface area contributed by atoms with E-state index in [0.717, 1.165) is 12.8 Å². The zero-order chi connectivity index (χ0) is 12.6. The molecule has 17 heavy (non-hydrogen) atoms. The number of hydrogen-bond acceptors (Lipinski definition) is 2. The number of amides is 2. The van der Waals surface area contributed by atoms with Gasteiger partial charge in [0.2, 0.25) is 5.91 Å². The van der Waals surface area contributed by atoms with Gasteiger partial charge in [-0.25, -0.2) is 0 Å². The molecule has 96 valence electrons. The Balaban J connectivity index is 1.65. The number of carbonyl (C=O) groups is 2. The van der Waals surface area contributed by atoms with Gasteiger partial charge < -0.3 is 10.6 Å². The number of rotatable bonds is 3. The lowest BCUT2D eigenvalue weighted by Crippen LogP contribution is -2.56. The van der Waals surface area contributed by atoms with Crippen LogP contribution in [-0.4, -0.2) is 30.1 Å². The molecular formula is C10H13F3N2O2. The van der Waals surface area contributed by atoms with E-state index in [-0.39, 0.29) is 17.9 Å². The fraction of sp³-hybridized carbons (Fsp3) is 0.800. The first-order valence-corrected chi connectivity index (χ1v) is 5.54. The second-order valence-corrected chi connectivity index (χ2v) is 4.62. The lowest BCUT2D eigenvalue weighted by Gasteiger charge is -2.36. The van der Waals surface area contributed by atoms with E-state index in [1.165, 1.54) is 0 Å². The SMILES string of the molecule is O=C(NC1CC(NC(=O)C(F)(F)F)C1)C1CC1. The summed E-state index contributed by atoms with van der Waals surface area (Å²) >= 11 is 0. The van der Waals surface area contributed by atoms with E-state index in [4.69, 9.17) is 0 Å². The molecule has 2 saturated carbocycles. The van der Waals surface area contributed by atoms with Crippen LogP contribution in [0.5, 0.6) is 0 Å². The van der Waals surface area contributed by atoms with Crippen molar-refractivity contribution in [3.8, 4) is 0 Å². The van der Waals surface area contributed by atoms with E-state index in [2.05, 4.69) is 5.32 Å². The van der Waals surface area contributed by atoms with Crippen molar-refractivity contribution in [2.75, 3.05) is 0 Å². The number of halogens is 3. The van der Waals surface area contributed by atoms with Crippen LogP contribution in [0.3, 0.4) is 0 Å². The van der Waals surface area contributed by atoms with E-state index >= 15 is 0 Å². The maximum Gasteiger partial charge on any atom is 0.471 e. The molecule has 7 heteroatoms. The van der Waals surface area contributed by atoms with Crippen LogP contribution in [0.4, 0.5) is 13.2 Å². The Morgan fingerprint density at radius 3 is 2.00 bits per heavy atom. The van der Waals surface area contributed by atoms with E-state index in [1.807, 2.05) is 5.32 Å². The lowest BCUT2D eigenvalue weighted by atomic mass is 9.86. The highest BCUT2D eigenvalue weighted by molar-refractivity contribution is 5.82. The van der Waals surface area contributed by atoms with Gasteiger partial charge in [-0.05, 0) is 25.7 Å². The van der Waals surface area contributed by atoms with Gasteiger partial charge in [0.05, 0.1) is 0 Å². The van der Waals surface area contributed by atoms with E-state index in [9.17, 15) is 22.8 Å². The van der Waals surface area contributed by atoms with Crippen molar-refractivity contribution < 1.29 is 22.8 Å². The average molecular weight is 250 g/mol. The number of carbonyl (C=O) groups excluding carboxylic acids is 2. The van der Waals surface area contributed by atoms with Gasteiger partial charge in [0.15, 0.2) is 0 Å². The van der Waals surface area contributed by atoms with Gasteiger partial charge >= 0.3 is 12.1 Å². The Bertz CT molecular complexity index is 333. The highest BCUT2D eigenvalue weighted by atomic mass is 19.4. The van der Waals surface area contributed by atoms with Gasteiger partial charge in [0.25, 0.3) is 0 Å². The Morgan fingerprint density at radius 1 is 1.00 bits per heavy atom. The fourth-order valence-electron chi connectivity index (χ4n) is 1.79. The smallest absolute Gasteiger partial charge is 0.353 e. The van der Waals surface area contributed by atoms with Crippen LogP contribution in [0, 0.1) is 5.92 Å². The summed E-state index contributed by atoms with van der Waals surface area (Å²) in [5, 5.41) is 4.64. The van der Waals surface area contributed by atoms with Gasteiger partial charge in [0.1, 0.15) is 0 Å². The van der Waals surface area contributed by atoms with Crippen LogP contribution in [0.25, 0.3) is 0 Å². The molecule has 0 bridgehead atoms. The largest absolute Gasteiger partial charge is 0.471 e.